The lowest BCUT2D eigenvalue weighted by molar-refractivity contribution is -0.137. The van der Waals surface area contributed by atoms with E-state index in [2.05, 4.69) is 42.1 Å². The van der Waals surface area contributed by atoms with Gasteiger partial charge in [0.2, 0.25) is 23.6 Å². The second-order valence-electron chi connectivity index (χ2n) is 12.0. The fourth-order valence-electron chi connectivity index (χ4n) is 5.20. The van der Waals surface area contributed by atoms with Crippen molar-refractivity contribution in [2.45, 2.75) is 103 Å². The number of carbonyl (C=O) groups excluding carboxylic acids is 5. The topological polar surface area (TPSA) is 186 Å². The smallest absolute Gasteiger partial charge is 0.267 e. The van der Waals surface area contributed by atoms with E-state index in [1.54, 1.807) is 40.1 Å². The number of aromatic amines is 1. The van der Waals surface area contributed by atoms with Crippen LogP contribution in [0.4, 0.5) is 5.69 Å². The fraction of sp³-hybridized carbons (Fsp3) is 0.667. The van der Waals surface area contributed by atoms with E-state index in [-0.39, 0.29) is 49.2 Å². The molecule has 1 aromatic heterocycles. The van der Waals surface area contributed by atoms with Crippen molar-refractivity contribution in [1.82, 2.24) is 36.8 Å². The standard InChI is InChI=1S/C30H48N8O5/c1-5-22-27(41)36-24(16-20-10-7-6-8-11-20)26(40)32-15-13-30(4,38-25(39)19(2)3)29(43)37-23(28(42)35-22)12-9-14-31-21-17-33-34-18-21/h16-20,22-23,31H,5-15H2,1-4H3,(H,32,40)(H,33,34)(H,35,42)(H,36,41)(H,37,43)(H,38,39)/b24-16+/t22-,23-,30+/m0/s1. The summed E-state index contributed by atoms with van der Waals surface area (Å²) in [4.78, 5) is 66.6. The van der Waals surface area contributed by atoms with Crippen molar-refractivity contribution in [3.05, 3.63) is 24.2 Å². The first-order chi connectivity index (χ1) is 20.5. The maximum absolute atomic E-state index is 13.7. The summed E-state index contributed by atoms with van der Waals surface area (Å²) in [5.74, 6) is -2.59. The summed E-state index contributed by atoms with van der Waals surface area (Å²) < 4.78 is 0. The Kier molecular flexibility index (Phi) is 12.6. The van der Waals surface area contributed by atoms with Gasteiger partial charge in [0.05, 0.1) is 11.9 Å². The van der Waals surface area contributed by atoms with Gasteiger partial charge in [-0.1, -0.05) is 46.1 Å². The lowest BCUT2D eigenvalue weighted by atomic mass is 9.88. The van der Waals surface area contributed by atoms with Gasteiger partial charge in [-0.3, -0.25) is 29.1 Å². The quantitative estimate of drug-likeness (QED) is 0.166. The summed E-state index contributed by atoms with van der Waals surface area (Å²) in [6, 6.07) is -1.89. The number of aromatic nitrogens is 2. The summed E-state index contributed by atoms with van der Waals surface area (Å²) in [7, 11) is 0. The number of H-pyrrole nitrogens is 1. The Labute approximate surface area is 253 Å². The van der Waals surface area contributed by atoms with Crippen LogP contribution in [0.15, 0.2) is 24.2 Å². The van der Waals surface area contributed by atoms with Gasteiger partial charge in [-0.25, -0.2) is 0 Å². The first-order valence-electron chi connectivity index (χ1n) is 15.5. The van der Waals surface area contributed by atoms with Crippen molar-refractivity contribution in [3.63, 3.8) is 0 Å². The van der Waals surface area contributed by atoms with Crippen LogP contribution in [-0.2, 0) is 24.0 Å². The van der Waals surface area contributed by atoms with Crippen LogP contribution in [0.5, 0.6) is 0 Å². The second kappa shape index (κ2) is 16.1. The molecule has 2 heterocycles. The molecule has 3 atom stereocenters. The third-order valence-corrected chi connectivity index (χ3v) is 8.05. The zero-order valence-electron chi connectivity index (χ0n) is 25.8. The predicted octanol–water partition coefficient (Wildman–Crippen LogP) is 1.61. The monoisotopic (exact) mass is 600 g/mol. The van der Waals surface area contributed by atoms with Crippen molar-refractivity contribution >= 4 is 35.2 Å². The molecule has 3 rings (SSSR count). The molecule has 0 spiro atoms. The number of amides is 5. The average Bonchev–Trinajstić information content (AvgIpc) is 3.50. The van der Waals surface area contributed by atoms with E-state index in [0.29, 0.717) is 13.0 Å². The zero-order valence-corrected chi connectivity index (χ0v) is 25.8. The predicted molar refractivity (Wildman–Crippen MR) is 162 cm³/mol. The number of nitrogens with zero attached hydrogens (tertiary/aromatic N) is 1. The van der Waals surface area contributed by atoms with Crippen LogP contribution in [-0.4, -0.2) is 70.4 Å². The molecule has 238 valence electrons. The Morgan fingerprint density at radius 2 is 1.84 bits per heavy atom. The fourth-order valence-corrected chi connectivity index (χ4v) is 5.20. The molecule has 0 bridgehead atoms. The number of rotatable bonds is 9. The molecule has 1 saturated carbocycles. The Morgan fingerprint density at radius 1 is 1.09 bits per heavy atom. The highest BCUT2D eigenvalue weighted by molar-refractivity contribution is 6.00. The maximum Gasteiger partial charge on any atom is 0.267 e. The van der Waals surface area contributed by atoms with Crippen molar-refractivity contribution in [1.29, 1.82) is 0 Å². The Morgan fingerprint density at radius 3 is 2.49 bits per heavy atom. The van der Waals surface area contributed by atoms with Crippen LogP contribution >= 0.6 is 0 Å². The molecule has 7 N–H and O–H groups in total. The van der Waals surface area contributed by atoms with Crippen LogP contribution < -0.4 is 31.9 Å². The summed E-state index contributed by atoms with van der Waals surface area (Å²) in [5, 5.41) is 23.8. The van der Waals surface area contributed by atoms with E-state index in [4.69, 9.17) is 0 Å². The first kappa shape index (κ1) is 33.6. The molecule has 2 aliphatic rings. The van der Waals surface area contributed by atoms with Gasteiger partial charge in [0.1, 0.15) is 23.3 Å². The summed E-state index contributed by atoms with van der Waals surface area (Å²) >= 11 is 0. The van der Waals surface area contributed by atoms with Crippen molar-refractivity contribution in [2.75, 3.05) is 18.4 Å². The second-order valence-corrected chi connectivity index (χ2v) is 12.0. The largest absolute Gasteiger partial charge is 0.383 e. The van der Waals surface area contributed by atoms with Gasteiger partial charge in [0.25, 0.3) is 5.91 Å². The molecule has 1 saturated heterocycles. The van der Waals surface area contributed by atoms with Crippen LogP contribution in [0.25, 0.3) is 0 Å². The number of nitrogens with one attached hydrogen (secondary N) is 7. The number of hydrogen-bond donors (Lipinski definition) is 7. The van der Waals surface area contributed by atoms with Gasteiger partial charge in [0.15, 0.2) is 0 Å². The zero-order chi connectivity index (χ0) is 31.4. The molecule has 0 aromatic carbocycles. The Hall–Kier alpha value is -3.90. The molecule has 5 amide bonds. The number of anilines is 1. The summed E-state index contributed by atoms with van der Waals surface area (Å²) in [5.41, 5.74) is -0.473. The van der Waals surface area contributed by atoms with E-state index >= 15 is 0 Å². The average molecular weight is 601 g/mol. The Bertz CT molecular complexity index is 1150. The molecule has 0 radical (unpaired) electrons. The molecule has 1 aromatic rings. The molecule has 1 aliphatic carbocycles. The number of allylic oxidation sites excluding steroid dienone is 1. The van der Waals surface area contributed by atoms with Gasteiger partial charge in [-0.05, 0) is 51.4 Å². The van der Waals surface area contributed by atoms with Gasteiger partial charge < -0.3 is 31.9 Å². The highest BCUT2D eigenvalue weighted by Crippen LogP contribution is 2.25. The van der Waals surface area contributed by atoms with Crippen molar-refractivity contribution < 1.29 is 24.0 Å². The van der Waals surface area contributed by atoms with Crippen LogP contribution in [0.2, 0.25) is 0 Å². The third-order valence-electron chi connectivity index (χ3n) is 8.05. The molecular weight excluding hydrogens is 552 g/mol. The van der Waals surface area contributed by atoms with Crippen LogP contribution in [0.1, 0.15) is 85.5 Å². The minimum atomic E-state index is -1.41. The number of hydrogen-bond acceptors (Lipinski definition) is 7. The molecule has 0 unspecified atom stereocenters. The van der Waals surface area contributed by atoms with Crippen molar-refractivity contribution in [3.8, 4) is 0 Å². The first-order valence-corrected chi connectivity index (χ1v) is 15.5. The molecule has 1 aliphatic heterocycles. The van der Waals surface area contributed by atoms with E-state index in [9.17, 15) is 24.0 Å². The Balaban J connectivity index is 1.87. The molecular formula is C30H48N8O5. The minimum Gasteiger partial charge on any atom is -0.383 e. The van der Waals surface area contributed by atoms with Gasteiger partial charge >= 0.3 is 0 Å². The minimum absolute atomic E-state index is 0.0572. The van der Waals surface area contributed by atoms with E-state index < -0.39 is 41.3 Å². The lowest BCUT2D eigenvalue weighted by Gasteiger charge is -2.33. The van der Waals surface area contributed by atoms with E-state index in [1.165, 1.54) is 0 Å². The SMILES string of the molecule is CC[C@@H]1NC(=O)[C@H](CCCNc2cn[nH]c2)NC(=O)[C@](C)(NC(=O)C(C)C)CCNC(=O)/C(=C\C2CCCCC2)NC1=O. The van der Waals surface area contributed by atoms with Crippen LogP contribution in [0, 0.1) is 11.8 Å². The van der Waals surface area contributed by atoms with E-state index in [1.807, 2.05) is 6.08 Å². The molecule has 13 nitrogen and oxygen atoms in total. The number of carbonyl (C=O) groups is 5. The normalized spacial score (nSPS) is 25.7. The highest BCUT2D eigenvalue weighted by atomic mass is 16.2. The van der Waals surface area contributed by atoms with Crippen LogP contribution in [0.3, 0.4) is 0 Å². The summed E-state index contributed by atoms with van der Waals surface area (Å²) in [6.45, 7) is 7.37. The lowest BCUT2D eigenvalue weighted by Crippen LogP contribution is -2.63. The molecule has 43 heavy (non-hydrogen) atoms. The molecule has 2 fully saturated rings. The third kappa shape index (κ3) is 10.1. The summed E-state index contributed by atoms with van der Waals surface area (Å²) in [6.07, 6.45) is 11.4. The van der Waals surface area contributed by atoms with Gasteiger partial charge in [0, 0.05) is 25.2 Å². The molecule has 13 heteroatoms. The highest BCUT2D eigenvalue weighted by Gasteiger charge is 2.38. The van der Waals surface area contributed by atoms with Gasteiger partial charge in [-0.15, -0.1) is 0 Å². The van der Waals surface area contributed by atoms with Crippen molar-refractivity contribution in [2.24, 2.45) is 11.8 Å². The maximum atomic E-state index is 13.7. The van der Waals surface area contributed by atoms with Gasteiger partial charge in [-0.2, -0.15) is 5.10 Å². The van der Waals surface area contributed by atoms with E-state index in [0.717, 1.165) is 37.8 Å².